The monoisotopic (exact) mass is 490 g/mol. The minimum absolute atomic E-state index is 0.234. The number of carbonyl (C=O) groups excluding carboxylic acids is 1. The zero-order chi connectivity index (χ0) is 25.2. The van der Waals surface area contributed by atoms with Crippen molar-refractivity contribution in [3.8, 4) is 0 Å². The molecule has 13 atom stereocenters. The van der Waals surface area contributed by atoms with Crippen molar-refractivity contribution in [3.05, 3.63) is 36.3 Å². The van der Waals surface area contributed by atoms with Gasteiger partial charge in [-0.05, 0) is 44.1 Å². The molecule has 1 aromatic rings. The van der Waals surface area contributed by atoms with Crippen molar-refractivity contribution < 1.29 is 49.0 Å². The van der Waals surface area contributed by atoms with E-state index in [0.717, 1.165) is 5.56 Å². The lowest BCUT2D eigenvalue weighted by atomic mass is 9.43. The molecule has 7 rings (SSSR count). The summed E-state index contributed by atoms with van der Waals surface area (Å²) in [6, 6.07) is 1.82. The van der Waals surface area contributed by atoms with Crippen LogP contribution in [-0.4, -0.2) is 84.1 Å². The highest BCUT2D eigenvalue weighted by Crippen LogP contribution is 2.80. The van der Waals surface area contributed by atoms with Crippen molar-refractivity contribution in [1.82, 2.24) is 0 Å². The van der Waals surface area contributed by atoms with Crippen LogP contribution in [0.25, 0.3) is 0 Å². The third-order valence-corrected chi connectivity index (χ3v) is 11.0. The lowest BCUT2D eigenvalue weighted by Gasteiger charge is -2.62. The first-order valence-corrected chi connectivity index (χ1v) is 12.0. The highest BCUT2D eigenvalue weighted by atomic mass is 16.7. The van der Waals surface area contributed by atoms with Gasteiger partial charge in [0.15, 0.2) is 23.1 Å². The molecule has 0 aromatic carbocycles. The molecule has 0 unspecified atom stereocenters. The molecule has 3 aliphatic carbocycles. The van der Waals surface area contributed by atoms with Gasteiger partial charge in [0, 0.05) is 17.3 Å². The van der Waals surface area contributed by atoms with Crippen molar-refractivity contribution in [2.24, 2.45) is 16.7 Å². The third kappa shape index (κ3) is 1.85. The van der Waals surface area contributed by atoms with Gasteiger partial charge in [0.25, 0.3) is 0 Å². The Morgan fingerprint density at radius 3 is 2.40 bits per heavy atom. The second-order valence-electron chi connectivity index (χ2n) is 12.1. The zero-order valence-electron chi connectivity index (χ0n) is 19.8. The van der Waals surface area contributed by atoms with Crippen LogP contribution in [0.4, 0.5) is 0 Å². The van der Waals surface area contributed by atoms with E-state index in [1.54, 1.807) is 19.5 Å². The summed E-state index contributed by atoms with van der Waals surface area (Å²) >= 11 is 0. The van der Waals surface area contributed by atoms with Crippen molar-refractivity contribution in [2.45, 2.75) is 92.6 Å². The van der Waals surface area contributed by atoms with Gasteiger partial charge in [-0.15, -0.1) is 0 Å². The van der Waals surface area contributed by atoms with E-state index in [0.29, 0.717) is 6.42 Å². The van der Waals surface area contributed by atoms with E-state index in [-0.39, 0.29) is 5.92 Å². The van der Waals surface area contributed by atoms with Gasteiger partial charge < -0.3 is 44.2 Å². The van der Waals surface area contributed by atoms with E-state index in [1.807, 2.05) is 13.0 Å². The van der Waals surface area contributed by atoms with E-state index < -0.39 is 75.3 Å². The molecule has 6 aliphatic rings. The summed E-state index contributed by atoms with van der Waals surface area (Å²) in [6.45, 7) is 6.31. The fourth-order valence-corrected chi connectivity index (χ4v) is 9.36. The average Bonchev–Trinajstić information content (AvgIpc) is 3.03. The third-order valence-electron chi connectivity index (χ3n) is 11.0. The van der Waals surface area contributed by atoms with Crippen molar-refractivity contribution in [3.63, 3.8) is 0 Å². The van der Waals surface area contributed by atoms with Gasteiger partial charge in [-0.25, -0.2) is 4.79 Å². The number of esters is 1. The van der Waals surface area contributed by atoms with E-state index >= 15 is 0 Å². The molecular formula is C25H30O10. The molecule has 5 fully saturated rings. The Bertz CT molecular complexity index is 1180. The maximum Gasteiger partial charge on any atom is 0.339 e. The number of hydrogen-bond donors (Lipinski definition) is 5. The molecule has 35 heavy (non-hydrogen) atoms. The summed E-state index contributed by atoms with van der Waals surface area (Å²) in [7, 11) is 0. The Balaban J connectivity index is 1.46. The van der Waals surface area contributed by atoms with E-state index in [9.17, 15) is 30.3 Å². The second-order valence-corrected chi connectivity index (χ2v) is 12.1. The number of fused-ring (bicyclic) bond motifs is 5. The molecule has 10 heteroatoms. The molecule has 10 nitrogen and oxygen atoms in total. The molecule has 0 amide bonds. The summed E-state index contributed by atoms with van der Waals surface area (Å²) in [5.74, 6) is -4.68. The molecule has 0 radical (unpaired) electrons. The highest BCUT2D eigenvalue weighted by Gasteiger charge is 2.94. The summed E-state index contributed by atoms with van der Waals surface area (Å²) in [5.41, 5.74) is -9.16. The summed E-state index contributed by atoms with van der Waals surface area (Å²) in [5, 5.41) is 59.3. The predicted molar refractivity (Wildman–Crippen MR) is 114 cm³/mol. The first kappa shape index (κ1) is 22.4. The van der Waals surface area contributed by atoms with Crippen LogP contribution in [0.1, 0.15) is 45.6 Å². The molecule has 190 valence electrons. The first-order valence-electron chi connectivity index (χ1n) is 12.0. The Kier molecular flexibility index (Phi) is 3.65. The zero-order valence-corrected chi connectivity index (χ0v) is 19.8. The maximum absolute atomic E-state index is 12.5. The van der Waals surface area contributed by atoms with Gasteiger partial charge in [0.2, 0.25) is 0 Å². The first-order chi connectivity index (χ1) is 16.2. The molecular weight excluding hydrogens is 460 g/mol. The quantitative estimate of drug-likeness (QED) is 0.201. The fraction of sp³-hybridized carbons (Fsp3) is 0.720. The Labute approximate surface area is 201 Å². The maximum atomic E-state index is 12.5. The molecule has 4 heterocycles. The van der Waals surface area contributed by atoms with Gasteiger partial charge in [-0.1, -0.05) is 13.8 Å². The smallest absolute Gasteiger partial charge is 0.339 e. The minimum Gasteiger partial charge on any atom is -0.472 e. The summed E-state index contributed by atoms with van der Waals surface area (Å²) in [6.07, 6.45) is 1.43. The van der Waals surface area contributed by atoms with Crippen molar-refractivity contribution >= 4 is 5.97 Å². The average molecular weight is 491 g/mol. The molecule has 5 N–H and O–H groups in total. The molecule has 3 saturated heterocycles. The number of hydrogen-bond acceptors (Lipinski definition) is 10. The topological polar surface area (TPSA) is 162 Å². The van der Waals surface area contributed by atoms with Crippen LogP contribution in [0.2, 0.25) is 0 Å². The molecule has 0 bridgehead atoms. The normalized spacial score (nSPS) is 63.6. The Morgan fingerprint density at radius 2 is 1.74 bits per heavy atom. The number of aliphatic hydroxyl groups is 5. The van der Waals surface area contributed by atoms with Crippen LogP contribution in [-0.2, 0) is 19.0 Å². The number of carbonyl (C=O) groups is 1. The lowest BCUT2D eigenvalue weighted by molar-refractivity contribution is -0.300. The minimum atomic E-state index is -2.39. The number of furan rings is 1. The van der Waals surface area contributed by atoms with E-state index in [4.69, 9.17) is 18.6 Å². The number of ether oxygens (including phenoxy) is 3. The van der Waals surface area contributed by atoms with Crippen LogP contribution in [0, 0.1) is 16.7 Å². The van der Waals surface area contributed by atoms with Gasteiger partial charge in [0.05, 0.1) is 36.3 Å². The molecule has 3 aliphatic heterocycles. The van der Waals surface area contributed by atoms with Crippen LogP contribution >= 0.6 is 0 Å². The van der Waals surface area contributed by atoms with Crippen LogP contribution < -0.4 is 0 Å². The molecule has 1 spiro atoms. The van der Waals surface area contributed by atoms with E-state index in [2.05, 4.69) is 0 Å². The van der Waals surface area contributed by atoms with Crippen molar-refractivity contribution in [1.29, 1.82) is 0 Å². The molecule has 2 saturated carbocycles. The molecule has 1 aromatic heterocycles. The Hall–Kier alpha value is -1.79. The number of epoxide rings is 1. The number of aliphatic hydroxyl groups excluding tert-OH is 2. The summed E-state index contributed by atoms with van der Waals surface area (Å²) < 4.78 is 23.1. The Morgan fingerprint density at radius 1 is 1.03 bits per heavy atom. The van der Waals surface area contributed by atoms with Gasteiger partial charge >= 0.3 is 5.97 Å². The van der Waals surface area contributed by atoms with E-state index in [1.165, 1.54) is 26.0 Å². The fourth-order valence-electron chi connectivity index (χ4n) is 9.36. The van der Waals surface area contributed by atoms with Crippen LogP contribution in [0.15, 0.2) is 35.2 Å². The lowest BCUT2D eigenvalue weighted by Crippen LogP contribution is -2.79. The van der Waals surface area contributed by atoms with Crippen LogP contribution in [0.5, 0.6) is 0 Å². The number of rotatable bonds is 1. The second kappa shape index (κ2) is 5.70. The highest BCUT2D eigenvalue weighted by molar-refractivity contribution is 5.81. The summed E-state index contributed by atoms with van der Waals surface area (Å²) in [4.78, 5) is 12.5. The largest absolute Gasteiger partial charge is 0.472 e. The van der Waals surface area contributed by atoms with Crippen molar-refractivity contribution in [2.75, 3.05) is 0 Å². The SMILES string of the molecule is C[C@]12[C@H](c3ccoc3)C[C@H]3O[C@]31[C@](C)(O)[C@@H]1[C@H](O[C@@]3(O)C=C[C@]4(C)OC(=O)[C@@H](O)[C@]4(O)[C@@]13C)[C@@H]2O. The van der Waals surface area contributed by atoms with Crippen LogP contribution in [0.3, 0.4) is 0 Å². The van der Waals surface area contributed by atoms with Gasteiger partial charge in [0.1, 0.15) is 11.2 Å². The van der Waals surface area contributed by atoms with Gasteiger partial charge in [-0.3, -0.25) is 0 Å². The standard InChI is InChI=1S/C25H30O10/c1-19-6-7-23(30)21(3,24(19,31)17(27)18(28)35-19)15-14(34-23)16(26)20(2)12(11-5-8-32-10-11)9-13-25(20,33-13)22(15,4)29/h5-8,10,12-17,26-27,29-31H,9H2,1-4H3/t12-,13+,14-,15+,16-,17+,19-,20+,21-,22+,23-,24+,25+/m0/s1. The predicted octanol–water partition coefficient (Wildman–Crippen LogP) is -0.277. The van der Waals surface area contributed by atoms with Gasteiger partial charge in [-0.2, -0.15) is 0 Å².